The van der Waals surface area contributed by atoms with Gasteiger partial charge in [-0.05, 0) is 61.8 Å². The van der Waals surface area contributed by atoms with Gasteiger partial charge in [-0.15, -0.1) is 0 Å². The highest BCUT2D eigenvalue weighted by Gasteiger charge is 2.29. The standard InChI is InChI=1S/C19H29ClN2O2S/c1-16-3-2-10-21(13-16)14-17-8-11-22(12-9-17)25(23,24)15-18-4-6-19(20)7-5-18/h4-7,16-17H,2-3,8-15H2,1H3. The number of likely N-dealkylation sites (tertiary alicyclic amines) is 1. The molecular formula is C19H29ClN2O2S. The summed E-state index contributed by atoms with van der Waals surface area (Å²) in [5.74, 6) is 1.50. The minimum atomic E-state index is -3.24. The minimum Gasteiger partial charge on any atom is -0.303 e. The molecule has 0 bridgehead atoms. The Morgan fingerprint density at radius 2 is 1.76 bits per heavy atom. The molecule has 2 aliphatic heterocycles. The van der Waals surface area contributed by atoms with Crippen LogP contribution in [0.3, 0.4) is 0 Å². The summed E-state index contributed by atoms with van der Waals surface area (Å²) < 4.78 is 27.0. The highest BCUT2D eigenvalue weighted by atomic mass is 35.5. The molecule has 1 atom stereocenters. The first kappa shape index (κ1) is 19.2. The number of hydrogen-bond donors (Lipinski definition) is 0. The zero-order chi connectivity index (χ0) is 17.9. The van der Waals surface area contributed by atoms with Crippen molar-refractivity contribution in [3.05, 3.63) is 34.9 Å². The van der Waals surface area contributed by atoms with E-state index in [1.807, 2.05) is 0 Å². The second-order valence-electron chi connectivity index (χ2n) is 7.73. The van der Waals surface area contributed by atoms with Crippen LogP contribution in [0.5, 0.6) is 0 Å². The largest absolute Gasteiger partial charge is 0.303 e. The Balaban J connectivity index is 1.50. The minimum absolute atomic E-state index is 0.0679. The van der Waals surface area contributed by atoms with E-state index in [-0.39, 0.29) is 5.75 Å². The van der Waals surface area contributed by atoms with Crippen LogP contribution >= 0.6 is 11.6 Å². The van der Waals surface area contributed by atoms with Gasteiger partial charge in [-0.2, -0.15) is 0 Å². The summed E-state index contributed by atoms with van der Waals surface area (Å²) in [4.78, 5) is 2.58. The maximum absolute atomic E-state index is 12.7. The summed E-state index contributed by atoms with van der Waals surface area (Å²) in [6.07, 6.45) is 4.60. The molecule has 0 amide bonds. The van der Waals surface area contributed by atoms with Crippen molar-refractivity contribution in [2.75, 3.05) is 32.7 Å². The predicted molar refractivity (Wildman–Crippen MR) is 103 cm³/mol. The third kappa shape index (κ3) is 5.43. The van der Waals surface area contributed by atoms with E-state index in [1.165, 1.54) is 25.9 Å². The van der Waals surface area contributed by atoms with Crippen LogP contribution in [0.1, 0.15) is 38.2 Å². The monoisotopic (exact) mass is 384 g/mol. The number of nitrogens with zero attached hydrogens (tertiary/aromatic N) is 2. The van der Waals surface area contributed by atoms with Gasteiger partial charge in [0.1, 0.15) is 0 Å². The normalized spacial score (nSPS) is 24.5. The maximum atomic E-state index is 12.7. The van der Waals surface area contributed by atoms with Gasteiger partial charge in [0.05, 0.1) is 5.75 Å². The first-order chi connectivity index (χ1) is 11.9. The van der Waals surface area contributed by atoms with Crippen molar-refractivity contribution >= 4 is 21.6 Å². The van der Waals surface area contributed by atoms with Gasteiger partial charge in [-0.1, -0.05) is 30.7 Å². The zero-order valence-electron chi connectivity index (χ0n) is 15.0. The van der Waals surface area contributed by atoms with Crippen LogP contribution in [-0.2, 0) is 15.8 Å². The van der Waals surface area contributed by atoms with Gasteiger partial charge in [0, 0.05) is 31.2 Å². The van der Waals surface area contributed by atoms with E-state index in [4.69, 9.17) is 11.6 Å². The van der Waals surface area contributed by atoms with Gasteiger partial charge in [-0.25, -0.2) is 12.7 Å². The van der Waals surface area contributed by atoms with Crippen LogP contribution in [0.4, 0.5) is 0 Å². The predicted octanol–water partition coefficient (Wildman–Crippen LogP) is 3.61. The smallest absolute Gasteiger partial charge is 0.218 e. The summed E-state index contributed by atoms with van der Waals surface area (Å²) in [5, 5.41) is 0.633. The SMILES string of the molecule is CC1CCCN(CC2CCN(S(=O)(=O)Cc3ccc(Cl)cc3)CC2)C1. The summed E-state index contributed by atoms with van der Waals surface area (Å²) in [6.45, 7) is 7.19. The molecule has 2 aliphatic rings. The Bertz CT molecular complexity index is 655. The molecule has 0 aromatic heterocycles. The van der Waals surface area contributed by atoms with Gasteiger partial charge in [0.2, 0.25) is 10.0 Å². The van der Waals surface area contributed by atoms with Crippen LogP contribution < -0.4 is 0 Å². The molecule has 2 fully saturated rings. The molecule has 1 unspecified atom stereocenters. The van der Waals surface area contributed by atoms with Gasteiger partial charge in [-0.3, -0.25) is 0 Å². The summed E-state index contributed by atoms with van der Waals surface area (Å²) in [7, 11) is -3.24. The lowest BCUT2D eigenvalue weighted by atomic mass is 9.94. The molecule has 140 valence electrons. The van der Waals surface area contributed by atoms with Crippen LogP contribution in [0.25, 0.3) is 0 Å². The molecule has 0 N–H and O–H groups in total. The molecule has 6 heteroatoms. The molecule has 2 heterocycles. The van der Waals surface area contributed by atoms with Gasteiger partial charge in [0.25, 0.3) is 0 Å². The average molecular weight is 385 g/mol. The summed E-state index contributed by atoms with van der Waals surface area (Å²) >= 11 is 5.87. The lowest BCUT2D eigenvalue weighted by Gasteiger charge is -2.37. The number of hydrogen-bond acceptors (Lipinski definition) is 3. The molecule has 0 radical (unpaired) electrons. The Morgan fingerprint density at radius 3 is 2.40 bits per heavy atom. The van der Waals surface area contributed by atoms with Crippen molar-refractivity contribution < 1.29 is 8.42 Å². The van der Waals surface area contributed by atoms with Gasteiger partial charge >= 0.3 is 0 Å². The van der Waals surface area contributed by atoms with E-state index in [1.54, 1.807) is 28.6 Å². The second-order valence-corrected chi connectivity index (χ2v) is 10.1. The Labute approximate surface area is 157 Å². The van der Waals surface area contributed by atoms with E-state index < -0.39 is 10.0 Å². The van der Waals surface area contributed by atoms with E-state index in [0.29, 0.717) is 24.0 Å². The number of sulfonamides is 1. The average Bonchev–Trinajstić information content (AvgIpc) is 2.57. The Morgan fingerprint density at radius 1 is 1.08 bits per heavy atom. The van der Waals surface area contributed by atoms with Crippen molar-refractivity contribution in [3.8, 4) is 0 Å². The number of halogens is 1. The fourth-order valence-electron chi connectivity index (χ4n) is 4.07. The molecule has 0 spiro atoms. The molecule has 25 heavy (non-hydrogen) atoms. The van der Waals surface area contributed by atoms with Crippen molar-refractivity contribution in [2.24, 2.45) is 11.8 Å². The Hall–Kier alpha value is -0.620. The van der Waals surface area contributed by atoms with Gasteiger partial charge in [0.15, 0.2) is 0 Å². The van der Waals surface area contributed by atoms with E-state index >= 15 is 0 Å². The number of rotatable bonds is 5. The topological polar surface area (TPSA) is 40.6 Å². The van der Waals surface area contributed by atoms with Gasteiger partial charge < -0.3 is 4.90 Å². The first-order valence-corrected chi connectivity index (χ1v) is 11.4. The van der Waals surface area contributed by atoms with Crippen LogP contribution in [0, 0.1) is 11.8 Å². The zero-order valence-corrected chi connectivity index (χ0v) is 16.6. The van der Waals surface area contributed by atoms with Crippen LogP contribution in [-0.4, -0.2) is 50.3 Å². The van der Waals surface area contributed by atoms with Crippen molar-refractivity contribution in [3.63, 3.8) is 0 Å². The number of benzene rings is 1. The third-order valence-corrected chi connectivity index (χ3v) is 7.59. The number of piperidine rings is 2. The molecule has 0 saturated carbocycles. The van der Waals surface area contributed by atoms with Crippen molar-refractivity contribution in [1.29, 1.82) is 0 Å². The maximum Gasteiger partial charge on any atom is 0.218 e. The lowest BCUT2D eigenvalue weighted by Crippen LogP contribution is -2.43. The molecule has 4 nitrogen and oxygen atoms in total. The molecule has 1 aromatic carbocycles. The second kappa shape index (κ2) is 8.38. The van der Waals surface area contributed by atoms with Crippen molar-refractivity contribution in [1.82, 2.24) is 9.21 Å². The molecule has 0 aliphatic carbocycles. The van der Waals surface area contributed by atoms with Crippen molar-refractivity contribution in [2.45, 2.75) is 38.4 Å². The van der Waals surface area contributed by atoms with Crippen LogP contribution in [0.2, 0.25) is 5.02 Å². The summed E-state index contributed by atoms with van der Waals surface area (Å²) in [6, 6.07) is 7.09. The van der Waals surface area contributed by atoms with Crippen LogP contribution in [0.15, 0.2) is 24.3 Å². The van der Waals surface area contributed by atoms with E-state index in [2.05, 4.69) is 11.8 Å². The molecule has 3 rings (SSSR count). The highest BCUT2D eigenvalue weighted by molar-refractivity contribution is 7.88. The fraction of sp³-hybridized carbons (Fsp3) is 0.684. The Kier molecular flexibility index (Phi) is 6.42. The summed E-state index contributed by atoms with van der Waals surface area (Å²) in [5.41, 5.74) is 0.800. The molecule has 1 aromatic rings. The first-order valence-electron chi connectivity index (χ1n) is 9.37. The lowest BCUT2D eigenvalue weighted by molar-refractivity contribution is 0.136. The van der Waals surface area contributed by atoms with E-state index in [9.17, 15) is 8.42 Å². The van der Waals surface area contributed by atoms with E-state index in [0.717, 1.165) is 30.9 Å². The quantitative estimate of drug-likeness (QED) is 0.778. The highest BCUT2D eigenvalue weighted by Crippen LogP contribution is 2.25. The molecular weight excluding hydrogens is 356 g/mol. The third-order valence-electron chi connectivity index (χ3n) is 5.49. The molecule has 2 saturated heterocycles. The fourth-order valence-corrected chi connectivity index (χ4v) is 5.76.